The first-order chi connectivity index (χ1) is 13.1. The minimum absolute atomic E-state index is 0.132. The second kappa shape index (κ2) is 8.68. The average molecular weight is 386 g/mol. The third-order valence-corrected chi connectivity index (χ3v) is 4.26. The molecule has 1 atom stereocenters. The minimum atomic E-state index is -0.593. The standard InChI is InChI=1S/C20H20ClN3O3/c1-3-16(26-17-7-5-4-6-13(17)2)20(25)22-12-18-23-19(24-27-18)14-8-10-15(21)11-9-14/h4-11,16H,3,12H2,1-2H3,(H,22,25)/t16-/m1/s1. The van der Waals surface area contributed by atoms with Gasteiger partial charge in [-0.15, -0.1) is 0 Å². The van der Waals surface area contributed by atoms with Crippen LogP contribution in [0, 0.1) is 6.92 Å². The Hall–Kier alpha value is -2.86. The van der Waals surface area contributed by atoms with Gasteiger partial charge in [-0.3, -0.25) is 4.79 Å². The van der Waals surface area contributed by atoms with Crippen LogP contribution in [0.5, 0.6) is 5.75 Å². The maximum Gasteiger partial charge on any atom is 0.261 e. The van der Waals surface area contributed by atoms with E-state index < -0.39 is 6.10 Å². The summed E-state index contributed by atoms with van der Waals surface area (Å²) in [5.41, 5.74) is 1.77. The van der Waals surface area contributed by atoms with Gasteiger partial charge in [0.05, 0.1) is 6.54 Å². The summed E-state index contributed by atoms with van der Waals surface area (Å²) in [6, 6.07) is 14.7. The number of nitrogens with one attached hydrogen (secondary N) is 1. The normalized spacial score (nSPS) is 11.8. The summed E-state index contributed by atoms with van der Waals surface area (Å²) in [4.78, 5) is 16.7. The largest absolute Gasteiger partial charge is 0.480 e. The molecule has 3 rings (SSSR count). The number of rotatable bonds is 7. The first kappa shape index (κ1) is 18.9. The zero-order chi connectivity index (χ0) is 19.2. The van der Waals surface area contributed by atoms with Gasteiger partial charge in [-0.05, 0) is 49.2 Å². The summed E-state index contributed by atoms with van der Waals surface area (Å²) in [5, 5.41) is 7.34. The molecule has 0 unspecified atom stereocenters. The third kappa shape index (κ3) is 4.86. The summed E-state index contributed by atoms with van der Waals surface area (Å²) in [5.74, 6) is 1.23. The lowest BCUT2D eigenvalue weighted by Gasteiger charge is -2.18. The highest BCUT2D eigenvalue weighted by molar-refractivity contribution is 6.30. The van der Waals surface area contributed by atoms with Gasteiger partial charge in [0.15, 0.2) is 6.10 Å². The molecule has 3 aromatic rings. The van der Waals surface area contributed by atoms with Crippen LogP contribution in [0.1, 0.15) is 24.8 Å². The number of hydrogen-bond donors (Lipinski definition) is 1. The Morgan fingerprint density at radius 3 is 2.67 bits per heavy atom. The van der Waals surface area contributed by atoms with Crippen molar-refractivity contribution in [3.63, 3.8) is 0 Å². The molecule has 0 bridgehead atoms. The number of halogens is 1. The van der Waals surface area contributed by atoms with Crippen LogP contribution in [0.2, 0.25) is 5.02 Å². The number of hydrogen-bond acceptors (Lipinski definition) is 5. The van der Waals surface area contributed by atoms with Gasteiger partial charge in [0, 0.05) is 10.6 Å². The predicted octanol–water partition coefficient (Wildman–Crippen LogP) is 4.17. The van der Waals surface area contributed by atoms with E-state index in [-0.39, 0.29) is 12.5 Å². The number of aryl methyl sites for hydroxylation is 1. The van der Waals surface area contributed by atoms with Crippen LogP contribution in [0.3, 0.4) is 0 Å². The Labute approximate surface area is 162 Å². The fourth-order valence-electron chi connectivity index (χ4n) is 2.48. The van der Waals surface area contributed by atoms with Crippen molar-refractivity contribution in [1.29, 1.82) is 0 Å². The summed E-state index contributed by atoms with van der Waals surface area (Å²) >= 11 is 5.88. The molecule has 0 aliphatic carbocycles. The number of carbonyl (C=O) groups excluding carboxylic acids is 1. The molecule has 0 spiro atoms. The molecular formula is C20H20ClN3O3. The molecule has 0 aliphatic rings. The minimum Gasteiger partial charge on any atom is -0.480 e. The van der Waals surface area contributed by atoms with Crippen molar-refractivity contribution < 1.29 is 14.1 Å². The first-order valence-electron chi connectivity index (χ1n) is 8.65. The predicted molar refractivity (Wildman–Crippen MR) is 102 cm³/mol. The molecule has 2 aromatic carbocycles. The van der Waals surface area contributed by atoms with Crippen molar-refractivity contribution in [3.8, 4) is 17.1 Å². The number of amides is 1. The van der Waals surface area contributed by atoms with Gasteiger partial charge in [0.25, 0.3) is 5.91 Å². The molecule has 6 nitrogen and oxygen atoms in total. The van der Waals surface area contributed by atoms with E-state index in [2.05, 4.69) is 15.5 Å². The maximum atomic E-state index is 12.4. The van der Waals surface area contributed by atoms with E-state index in [0.717, 1.165) is 11.1 Å². The third-order valence-electron chi connectivity index (χ3n) is 4.01. The van der Waals surface area contributed by atoms with E-state index in [9.17, 15) is 4.79 Å². The van der Waals surface area contributed by atoms with E-state index in [4.69, 9.17) is 20.9 Å². The molecular weight excluding hydrogens is 366 g/mol. The fourth-order valence-corrected chi connectivity index (χ4v) is 2.61. The number of benzene rings is 2. The smallest absolute Gasteiger partial charge is 0.261 e. The summed E-state index contributed by atoms with van der Waals surface area (Å²) in [7, 11) is 0. The SMILES string of the molecule is CC[C@@H](Oc1ccccc1C)C(=O)NCc1nc(-c2ccc(Cl)cc2)no1. The van der Waals surface area contributed by atoms with Crippen LogP contribution in [0.4, 0.5) is 0 Å². The number of nitrogens with zero attached hydrogens (tertiary/aromatic N) is 2. The topological polar surface area (TPSA) is 77.2 Å². The zero-order valence-electron chi connectivity index (χ0n) is 15.1. The van der Waals surface area contributed by atoms with Crippen molar-refractivity contribution in [3.05, 3.63) is 65.0 Å². The van der Waals surface area contributed by atoms with Crippen molar-refractivity contribution in [2.45, 2.75) is 32.9 Å². The molecule has 0 fully saturated rings. The van der Waals surface area contributed by atoms with E-state index >= 15 is 0 Å². The first-order valence-corrected chi connectivity index (χ1v) is 9.03. The number of ether oxygens (including phenoxy) is 1. The van der Waals surface area contributed by atoms with Crippen molar-refractivity contribution in [2.24, 2.45) is 0 Å². The van der Waals surface area contributed by atoms with E-state index in [1.54, 1.807) is 24.3 Å². The zero-order valence-corrected chi connectivity index (χ0v) is 15.9. The molecule has 1 heterocycles. The summed E-state index contributed by atoms with van der Waals surface area (Å²) < 4.78 is 11.0. The Kier molecular flexibility index (Phi) is 6.08. The molecule has 0 saturated heterocycles. The highest BCUT2D eigenvalue weighted by atomic mass is 35.5. The van der Waals surface area contributed by atoms with Gasteiger partial charge in [-0.25, -0.2) is 0 Å². The molecule has 1 N–H and O–H groups in total. The van der Waals surface area contributed by atoms with Crippen LogP contribution < -0.4 is 10.1 Å². The van der Waals surface area contributed by atoms with Gasteiger partial charge in [0.2, 0.25) is 11.7 Å². The monoisotopic (exact) mass is 385 g/mol. The second-order valence-electron chi connectivity index (χ2n) is 6.02. The number of aromatic nitrogens is 2. The van der Waals surface area contributed by atoms with Crippen molar-refractivity contribution in [2.75, 3.05) is 0 Å². The van der Waals surface area contributed by atoms with Crippen LogP contribution in [-0.4, -0.2) is 22.2 Å². The Bertz CT molecular complexity index is 909. The summed E-state index contributed by atoms with van der Waals surface area (Å²) in [6.07, 6.45) is -0.0511. The highest BCUT2D eigenvalue weighted by Gasteiger charge is 2.20. The molecule has 0 aliphatic heterocycles. The van der Waals surface area contributed by atoms with Gasteiger partial charge >= 0.3 is 0 Å². The molecule has 1 amide bonds. The van der Waals surface area contributed by atoms with E-state index in [1.165, 1.54) is 0 Å². The fraction of sp³-hybridized carbons (Fsp3) is 0.250. The van der Waals surface area contributed by atoms with Crippen LogP contribution in [-0.2, 0) is 11.3 Å². The highest BCUT2D eigenvalue weighted by Crippen LogP contribution is 2.20. The van der Waals surface area contributed by atoms with Crippen molar-refractivity contribution >= 4 is 17.5 Å². The van der Waals surface area contributed by atoms with Gasteiger partial charge in [0.1, 0.15) is 5.75 Å². The number of carbonyl (C=O) groups is 1. The molecule has 0 saturated carbocycles. The van der Waals surface area contributed by atoms with Crippen molar-refractivity contribution in [1.82, 2.24) is 15.5 Å². The lowest BCUT2D eigenvalue weighted by atomic mass is 10.2. The van der Waals surface area contributed by atoms with Gasteiger partial charge in [-0.1, -0.05) is 41.9 Å². The molecule has 0 radical (unpaired) electrons. The Morgan fingerprint density at radius 2 is 1.96 bits per heavy atom. The lowest BCUT2D eigenvalue weighted by molar-refractivity contribution is -0.128. The lowest BCUT2D eigenvalue weighted by Crippen LogP contribution is -2.37. The summed E-state index contributed by atoms with van der Waals surface area (Å²) in [6.45, 7) is 3.97. The molecule has 140 valence electrons. The van der Waals surface area contributed by atoms with Gasteiger partial charge < -0.3 is 14.6 Å². The van der Waals surface area contributed by atoms with Crippen LogP contribution in [0.15, 0.2) is 53.1 Å². The van der Waals surface area contributed by atoms with Crippen LogP contribution in [0.25, 0.3) is 11.4 Å². The molecule has 27 heavy (non-hydrogen) atoms. The Morgan fingerprint density at radius 1 is 1.22 bits per heavy atom. The second-order valence-corrected chi connectivity index (χ2v) is 6.45. The van der Waals surface area contributed by atoms with Crippen LogP contribution >= 0.6 is 11.6 Å². The molecule has 1 aromatic heterocycles. The van der Waals surface area contributed by atoms with E-state index in [1.807, 2.05) is 38.1 Å². The van der Waals surface area contributed by atoms with Gasteiger partial charge in [-0.2, -0.15) is 4.98 Å². The van der Waals surface area contributed by atoms with E-state index in [0.29, 0.717) is 28.9 Å². The molecule has 7 heteroatoms. The Balaban J connectivity index is 1.59. The maximum absolute atomic E-state index is 12.4. The number of para-hydroxylation sites is 1. The quantitative estimate of drug-likeness (QED) is 0.660. The average Bonchev–Trinajstić information content (AvgIpc) is 3.15.